The Balaban J connectivity index is 1.95. The molecule has 1 aliphatic heterocycles. The van der Waals surface area contributed by atoms with Crippen molar-refractivity contribution in [2.24, 2.45) is 0 Å². The van der Waals surface area contributed by atoms with Gasteiger partial charge in [0.1, 0.15) is 6.04 Å². The number of carbonyl (C=O) groups excluding carboxylic acids is 2. The molecule has 2 amide bonds. The molecule has 24 heavy (non-hydrogen) atoms. The van der Waals surface area contributed by atoms with Crippen molar-refractivity contribution < 1.29 is 9.59 Å². The molecule has 0 unspecified atom stereocenters. The summed E-state index contributed by atoms with van der Waals surface area (Å²) in [7, 11) is 0. The molecule has 1 aromatic rings. The van der Waals surface area contributed by atoms with Crippen molar-refractivity contribution in [1.82, 2.24) is 16.0 Å². The Morgan fingerprint density at radius 1 is 1.33 bits per heavy atom. The Labute approximate surface area is 148 Å². The molecule has 0 aliphatic carbocycles. The van der Waals surface area contributed by atoms with Gasteiger partial charge in [-0.3, -0.25) is 9.59 Å². The van der Waals surface area contributed by atoms with E-state index in [4.69, 9.17) is 0 Å². The summed E-state index contributed by atoms with van der Waals surface area (Å²) in [6.45, 7) is 3.34. The Morgan fingerprint density at radius 2 is 2.08 bits per heavy atom. The summed E-state index contributed by atoms with van der Waals surface area (Å²) in [6.07, 6.45) is 4.19. The molecule has 1 aliphatic rings. The van der Waals surface area contributed by atoms with Crippen LogP contribution in [0.5, 0.6) is 0 Å². The van der Waals surface area contributed by atoms with Gasteiger partial charge in [0.05, 0.1) is 6.04 Å². The van der Waals surface area contributed by atoms with Crippen LogP contribution in [0.25, 0.3) is 0 Å². The van der Waals surface area contributed by atoms with E-state index in [1.807, 2.05) is 25.3 Å². The number of thioether (sulfide) groups is 1. The maximum absolute atomic E-state index is 12.6. The molecule has 6 heteroatoms. The number of carbonyl (C=O) groups is 2. The van der Waals surface area contributed by atoms with E-state index in [2.05, 4.69) is 28.1 Å². The van der Waals surface area contributed by atoms with E-state index in [1.165, 1.54) is 11.1 Å². The van der Waals surface area contributed by atoms with Gasteiger partial charge in [-0.1, -0.05) is 31.2 Å². The Kier molecular flexibility index (Phi) is 7.59. The fourth-order valence-corrected chi connectivity index (χ4v) is 3.26. The number of amides is 2. The summed E-state index contributed by atoms with van der Waals surface area (Å²) in [5.74, 6) is 0.656. The standard InChI is InChI=1S/C18H27N3O2S/c1-3-9-19-17(22)15(8-10-24-2)21-18(23)16-11-13-6-4-5-7-14(13)12-20-16/h4-7,15-16,20H,3,8-12H2,1-2H3,(H,19,22)(H,21,23)/t15-,16+/m0/s1. The Morgan fingerprint density at radius 3 is 2.79 bits per heavy atom. The first-order valence-electron chi connectivity index (χ1n) is 8.53. The maximum atomic E-state index is 12.6. The first-order valence-corrected chi connectivity index (χ1v) is 9.92. The molecule has 0 aromatic heterocycles. The second kappa shape index (κ2) is 9.69. The SMILES string of the molecule is CCCNC(=O)[C@H](CCSC)NC(=O)[C@H]1Cc2ccccc2CN1. The van der Waals surface area contributed by atoms with Crippen LogP contribution in [-0.4, -0.2) is 42.5 Å². The molecule has 0 radical (unpaired) electrons. The highest BCUT2D eigenvalue weighted by Gasteiger charge is 2.27. The molecule has 1 aromatic carbocycles. The number of benzene rings is 1. The predicted octanol–water partition coefficient (Wildman–Crippen LogP) is 1.47. The molecular formula is C18H27N3O2S. The van der Waals surface area contributed by atoms with Crippen LogP contribution < -0.4 is 16.0 Å². The first kappa shape index (κ1) is 18.8. The van der Waals surface area contributed by atoms with Crippen LogP contribution in [0.2, 0.25) is 0 Å². The maximum Gasteiger partial charge on any atom is 0.242 e. The summed E-state index contributed by atoms with van der Waals surface area (Å²) in [5, 5.41) is 9.09. The lowest BCUT2D eigenvalue weighted by Crippen LogP contribution is -2.54. The molecule has 0 bridgehead atoms. The Hall–Kier alpha value is -1.53. The van der Waals surface area contributed by atoms with Crippen LogP contribution in [0.15, 0.2) is 24.3 Å². The van der Waals surface area contributed by atoms with Crippen molar-refractivity contribution in [3.05, 3.63) is 35.4 Å². The van der Waals surface area contributed by atoms with E-state index in [9.17, 15) is 9.59 Å². The molecule has 3 N–H and O–H groups in total. The number of rotatable bonds is 8. The van der Waals surface area contributed by atoms with Gasteiger partial charge in [-0.25, -0.2) is 0 Å². The summed E-state index contributed by atoms with van der Waals surface area (Å²) in [4.78, 5) is 24.9. The van der Waals surface area contributed by atoms with Gasteiger partial charge in [-0.15, -0.1) is 0 Å². The summed E-state index contributed by atoms with van der Waals surface area (Å²) in [5.41, 5.74) is 2.44. The van der Waals surface area contributed by atoms with E-state index >= 15 is 0 Å². The highest BCUT2D eigenvalue weighted by atomic mass is 32.2. The van der Waals surface area contributed by atoms with Gasteiger partial charge in [-0.05, 0) is 42.4 Å². The summed E-state index contributed by atoms with van der Waals surface area (Å²) < 4.78 is 0. The van der Waals surface area contributed by atoms with Gasteiger partial charge in [0.25, 0.3) is 0 Å². The molecule has 0 spiro atoms. The van der Waals surface area contributed by atoms with Crippen LogP contribution in [0, 0.1) is 0 Å². The molecule has 1 heterocycles. The average Bonchev–Trinajstić information content (AvgIpc) is 2.62. The van der Waals surface area contributed by atoms with Crippen LogP contribution in [-0.2, 0) is 22.6 Å². The first-order chi connectivity index (χ1) is 11.7. The van der Waals surface area contributed by atoms with Crippen molar-refractivity contribution in [1.29, 1.82) is 0 Å². The summed E-state index contributed by atoms with van der Waals surface area (Å²) in [6, 6.07) is 7.41. The van der Waals surface area contributed by atoms with E-state index in [0.29, 0.717) is 25.9 Å². The predicted molar refractivity (Wildman–Crippen MR) is 99.0 cm³/mol. The lowest BCUT2D eigenvalue weighted by Gasteiger charge is -2.27. The van der Waals surface area contributed by atoms with Gasteiger partial charge in [-0.2, -0.15) is 11.8 Å². The third-order valence-corrected chi connectivity index (χ3v) is 4.83. The number of hydrogen-bond acceptors (Lipinski definition) is 4. The average molecular weight is 350 g/mol. The van der Waals surface area contributed by atoms with Gasteiger partial charge >= 0.3 is 0 Å². The minimum absolute atomic E-state index is 0.0875. The zero-order valence-corrected chi connectivity index (χ0v) is 15.2. The molecule has 2 atom stereocenters. The topological polar surface area (TPSA) is 70.2 Å². The molecule has 0 saturated heterocycles. The second-order valence-corrected chi connectivity index (χ2v) is 7.03. The minimum atomic E-state index is -0.463. The van der Waals surface area contributed by atoms with Crippen LogP contribution in [0.3, 0.4) is 0 Å². The molecular weight excluding hydrogens is 322 g/mol. The highest BCUT2D eigenvalue weighted by Crippen LogP contribution is 2.16. The monoisotopic (exact) mass is 349 g/mol. The second-order valence-electron chi connectivity index (χ2n) is 6.04. The van der Waals surface area contributed by atoms with Crippen molar-refractivity contribution in [3.8, 4) is 0 Å². The third-order valence-electron chi connectivity index (χ3n) is 4.19. The molecule has 0 fully saturated rings. The fraction of sp³-hybridized carbons (Fsp3) is 0.556. The van der Waals surface area contributed by atoms with Crippen LogP contribution in [0.4, 0.5) is 0 Å². The fourth-order valence-electron chi connectivity index (χ4n) is 2.79. The summed E-state index contributed by atoms with van der Waals surface area (Å²) >= 11 is 1.68. The minimum Gasteiger partial charge on any atom is -0.354 e. The Bertz CT molecular complexity index is 565. The van der Waals surface area contributed by atoms with Gasteiger partial charge in [0.15, 0.2) is 0 Å². The highest BCUT2D eigenvalue weighted by molar-refractivity contribution is 7.98. The van der Waals surface area contributed by atoms with Gasteiger partial charge < -0.3 is 16.0 Å². The number of hydrogen-bond donors (Lipinski definition) is 3. The van der Waals surface area contributed by atoms with E-state index in [0.717, 1.165) is 12.2 Å². The van der Waals surface area contributed by atoms with Gasteiger partial charge in [0.2, 0.25) is 11.8 Å². The van der Waals surface area contributed by atoms with Crippen molar-refractivity contribution in [3.63, 3.8) is 0 Å². The molecule has 5 nitrogen and oxygen atoms in total. The zero-order chi connectivity index (χ0) is 17.4. The normalized spacial score (nSPS) is 17.7. The number of fused-ring (bicyclic) bond motifs is 1. The smallest absolute Gasteiger partial charge is 0.242 e. The molecule has 0 saturated carbocycles. The van der Waals surface area contributed by atoms with Crippen molar-refractivity contribution >= 4 is 23.6 Å². The quantitative estimate of drug-likeness (QED) is 0.665. The van der Waals surface area contributed by atoms with Crippen LogP contribution >= 0.6 is 11.8 Å². The van der Waals surface area contributed by atoms with Crippen molar-refractivity contribution in [2.75, 3.05) is 18.6 Å². The van der Waals surface area contributed by atoms with E-state index in [-0.39, 0.29) is 17.9 Å². The van der Waals surface area contributed by atoms with Crippen molar-refractivity contribution in [2.45, 2.75) is 44.8 Å². The van der Waals surface area contributed by atoms with Crippen LogP contribution in [0.1, 0.15) is 30.9 Å². The molecule has 132 valence electrons. The number of nitrogens with one attached hydrogen (secondary N) is 3. The molecule has 2 rings (SSSR count). The zero-order valence-electron chi connectivity index (χ0n) is 14.4. The van der Waals surface area contributed by atoms with E-state index in [1.54, 1.807) is 11.8 Å². The van der Waals surface area contributed by atoms with E-state index < -0.39 is 6.04 Å². The van der Waals surface area contributed by atoms with Gasteiger partial charge in [0, 0.05) is 13.1 Å². The largest absolute Gasteiger partial charge is 0.354 e. The lowest BCUT2D eigenvalue weighted by molar-refractivity contribution is -0.130. The lowest BCUT2D eigenvalue weighted by atomic mass is 9.95. The third kappa shape index (κ3) is 5.24.